The first-order valence-electron chi connectivity index (χ1n) is 9.68. The Labute approximate surface area is 169 Å². The molecule has 0 fully saturated rings. The minimum atomic E-state index is -0.833. The van der Waals surface area contributed by atoms with Crippen LogP contribution >= 0.6 is 0 Å². The number of hydrogen-bond acceptors (Lipinski definition) is 5. The lowest BCUT2D eigenvalue weighted by Gasteiger charge is -2.25. The summed E-state index contributed by atoms with van der Waals surface area (Å²) in [7, 11) is 0. The minimum absolute atomic E-state index is 0.116. The number of aliphatic carboxylic acids is 1. The van der Waals surface area contributed by atoms with E-state index in [2.05, 4.69) is 4.98 Å². The SMILES string of the molecule is CC(=O)O.CC(C)c1nc2c(o1)CCN(C(=O)c1cc(CCCN)ccc1F)C2. The third-order valence-electron chi connectivity index (χ3n) is 4.46. The van der Waals surface area contributed by atoms with Crippen LogP contribution in [0, 0.1) is 5.82 Å². The van der Waals surface area contributed by atoms with Crippen molar-refractivity contribution in [2.45, 2.75) is 52.5 Å². The van der Waals surface area contributed by atoms with Gasteiger partial charge in [-0.25, -0.2) is 9.37 Å². The second kappa shape index (κ2) is 10.2. The summed E-state index contributed by atoms with van der Waals surface area (Å²) in [4.78, 5) is 27.9. The lowest BCUT2D eigenvalue weighted by atomic mass is 10.0. The molecule has 0 radical (unpaired) electrons. The van der Waals surface area contributed by atoms with Crippen LogP contribution in [-0.2, 0) is 24.2 Å². The van der Waals surface area contributed by atoms with E-state index in [1.54, 1.807) is 17.0 Å². The van der Waals surface area contributed by atoms with E-state index in [9.17, 15) is 9.18 Å². The van der Waals surface area contributed by atoms with Gasteiger partial charge in [0.2, 0.25) is 0 Å². The van der Waals surface area contributed by atoms with Gasteiger partial charge in [0, 0.05) is 25.8 Å². The lowest BCUT2D eigenvalue weighted by Crippen LogP contribution is -2.36. The average Bonchev–Trinajstić information content (AvgIpc) is 3.10. The van der Waals surface area contributed by atoms with Crippen LogP contribution in [0.15, 0.2) is 22.6 Å². The maximum absolute atomic E-state index is 14.2. The summed E-state index contributed by atoms with van der Waals surface area (Å²) in [5.41, 5.74) is 7.35. The fourth-order valence-electron chi connectivity index (χ4n) is 3.01. The molecule has 0 saturated heterocycles. The van der Waals surface area contributed by atoms with Crippen LogP contribution in [0.2, 0.25) is 0 Å². The van der Waals surface area contributed by atoms with E-state index in [0.29, 0.717) is 31.9 Å². The summed E-state index contributed by atoms with van der Waals surface area (Å²) in [6.07, 6.45) is 2.15. The van der Waals surface area contributed by atoms with Crippen molar-refractivity contribution in [1.82, 2.24) is 9.88 Å². The Hall–Kier alpha value is -2.74. The zero-order chi connectivity index (χ0) is 21.6. The van der Waals surface area contributed by atoms with Crippen LogP contribution in [0.25, 0.3) is 0 Å². The molecule has 1 aromatic heterocycles. The molecule has 8 heteroatoms. The number of benzene rings is 1. The molecule has 2 aromatic rings. The van der Waals surface area contributed by atoms with Gasteiger partial charge in [-0.1, -0.05) is 19.9 Å². The maximum atomic E-state index is 14.2. The van der Waals surface area contributed by atoms with Gasteiger partial charge in [-0.15, -0.1) is 0 Å². The van der Waals surface area contributed by atoms with E-state index >= 15 is 0 Å². The van der Waals surface area contributed by atoms with Crippen molar-refractivity contribution in [3.8, 4) is 0 Å². The number of nitrogens with two attached hydrogens (primary N) is 1. The summed E-state index contributed by atoms with van der Waals surface area (Å²) in [5, 5.41) is 7.42. The molecule has 1 aliphatic heterocycles. The van der Waals surface area contributed by atoms with Crippen molar-refractivity contribution in [3.63, 3.8) is 0 Å². The molecule has 158 valence electrons. The number of nitrogens with zero attached hydrogens (tertiary/aromatic N) is 2. The molecule has 1 aliphatic rings. The Morgan fingerprint density at radius 1 is 1.38 bits per heavy atom. The molecule has 7 nitrogen and oxygen atoms in total. The van der Waals surface area contributed by atoms with Crippen LogP contribution in [0.3, 0.4) is 0 Å². The first-order chi connectivity index (χ1) is 13.7. The van der Waals surface area contributed by atoms with Gasteiger partial charge < -0.3 is 20.2 Å². The zero-order valence-corrected chi connectivity index (χ0v) is 17.1. The monoisotopic (exact) mass is 405 g/mol. The predicted molar refractivity (Wildman–Crippen MR) is 106 cm³/mol. The fourth-order valence-corrected chi connectivity index (χ4v) is 3.01. The highest BCUT2D eigenvalue weighted by Crippen LogP contribution is 2.25. The molecule has 0 spiro atoms. The molecule has 2 heterocycles. The lowest BCUT2D eigenvalue weighted by molar-refractivity contribution is -0.134. The van der Waals surface area contributed by atoms with Gasteiger partial charge in [0.05, 0.1) is 12.1 Å². The number of carbonyl (C=O) groups is 2. The first kappa shape index (κ1) is 22.5. The predicted octanol–water partition coefficient (Wildman–Crippen LogP) is 3.12. The Bertz CT molecular complexity index is 860. The number of amides is 1. The normalized spacial score (nSPS) is 13.0. The topological polar surface area (TPSA) is 110 Å². The highest BCUT2D eigenvalue weighted by atomic mass is 19.1. The summed E-state index contributed by atoms with van der Waals surface area (Å²) < 4.78 is 20.0. The number of carbonyl (C=O) groups excluding carboxylic acids is 1. The van der Waals surface area contributed by atoms with E-state index in [-0.39, 0.29) is 17.4 Å². The summed E-state index contributed by atoms with van der Waals surface area (Å²) in [6.45, 7) is 6.55. The van der Waals surface area contributed by atoms with Gasteiger partial charge in [0.25, 0.3) is 11.9 Å². The fraction of sp³-hybridized carbons (Fsp3) is 0.476. The molecule has 29 heavy (non-hydrogen) atoms. The third kappa shape index (κ3) is 6.12. The number of rotatable bonds is 5. The Kier molecular flexibility index (Phi) is 7.90. The number of aromatic nitrogens is 1. The minimum Gasteiger partial charge on any atom is -0.481 e. The number of fused-ring (bicyclic) bond motifs is 1. The van der Waals surface area contributed by atoms with E-state index in [1.165, 1.54) is 6.07 Å². The van der Waals surface area contributed by atoms with Gasteiger partial charge in [-0.3, -0.25) is 9.59 Å². The number of carboxylic acids is 1. The van der Waals surface area contributed by atoms with Crippen molar-refractivity contribution in [2.75, 3.05) is 13.1 Å². The molecule has 0 aliphatic carbocycles. The highest BCUT2D eigenvalue weighted by Gasteiger charge is 2.28. The number of carboxylic acid groups (broad SMARTS) is 1. The highest BCUT2D eigenvalue weighted by molar-refractivity contribution is 5.94. The van der Waals surface area contributed by atoms with Gasteiger partial charge >= 0.3 is 0 Å². The third-order valence-corrected chi connectivity index (χ3v) is 4.46. The van der Waals surface area contributed by atoms with Gasteiger partial charge in [-0.05, 0) is 37.1 Å². The van der Waals surface area contributed by atoms with Crippen LogP contribution in [0.1, 0.15) is 66.4 Å². The van der Waals surface area contributed by atoms with E-state index in [4.69, 9.17) is 20.1 Å². The van der Waals surface area contributed by atoms with E-state index < -0.39 is 11.8 Å². The smallest absolute Gasteiger partial charge is 0.300 e. The Morgan fingerprint density at radius 3 is 2.69 bits per heavy atom. The first-order valence-corrected chi connectivity index (χ1v) is 9.68. The number of halogens is 1. The molecule has 0 saturated carbocycles. The van der Waals surface area contributed by atoms with Crippen LogP contribution < -0.4 is 5.73 Å². The quantitative estimate of drug-likeness (QED) is 0.791. The van der Waals surface area contributed by atoms with Crippen LogP contribution in [0.5, 0.6) is 0 Å². The number of aryl methyl sites for hydroxylation is 1. The molecular formula is C21H28FN3O4. The number of hydrogen-bond donors (Lipinski definition) is 2. The van der Waals surface area contributed by atoms with Crippen molar-refractivity contribution < 1.29 is 23.5 Å². The molecule has 0 atom stereocenters. The van der Waals surface area contributed by atoms with Crippen LogP contribution in [-0.4, -0.2) is 40.0 Å². The van der Waals surface area contributed by atoms with Crippen molar-refractivity contribution >= 4 is 11.9 Å². The second-order valence-corrected chi connectivity index (χ2v) is 7.28. The molecular weight excluding hydrogens is 377 g/mol. The molecule has 3 N–H and O–H groups in total. The summed E-state index contributed by atoms with van der Waals surface area (Å²) >= 11 is 0. The van der Waals surface area contributed by atoms with Crippen molar-refractivity contribution in [1.29, 1.82) is 0 Å². The van der Waals surface area contributed by atoms with Gasteiger partial charge in [-0.2, -0.15) is 0 Å². The maximum Gasteiger partial charge on any atom is 0.300 e. The Balaban J connectivity index is 0.000000687. The largest absolute Gasteiger partial charge is 0.481 e. The molecule has 1 amide bonds. The Morgan fingerprint density at radius 2 is 2.07 bits per heavy atom. The standard InChI is InChI=1S/C19H24FN3O2.C2H4O2/c1-12(2)18-22-16-11-23(9-7-17(16)25-18)19(24)14-10-13(4-3-8-21)5-6-15(14)20;1-2(3)4/h5-6,10,12H,3-4,7-9,11,21H2,1-2H3;1H3,(H,3,4). The van der Waals surface area contributed by atoms with Gasteiger partial charge in [0.1, 0.15) is 17.3 Å². The van der Waals surface area contributed by atoms with Crippen LogP contribution in [0.4, 0.5) is 4.39 Å². The molecule has 3 rings (SSSR count). The summed E-state index contributed by atoms with van der Waals surface area (Å²) in [6, 6.07) is 4.72. The zero-order valence-electron chi connectivity index (χ0n) is 17.1. The van der Waals surface area contributed by atoms with E-state index in [1.807, 2.05) is 13.8 Å². The molecule has 0 unspecified atom stereocenters. The second-order valence-electron chi connectivity index (χ2n) is 7.28. The van der Waals surface area contributed by atoms with Crippen molar-refractivity contribution in [2.24, 2.45) is 5.73 Å². The molecule has 1 aromatic carbocycles. The summed E-state index contributed by atoms with van der Waals surface area (Å²) in [5.74, 6) is 0.104. The number of oxazole rings is 1. The van der Waals surface area contributed by atoms with Crippen molar-refractivity contribution in [3.05, 3.63) is 52.5 Å². The van der Waals surface area contributed by atoms with E-state index in [0.717, 1.165) is 36.8 Å². The van der Waals surface area contributed by atoms with Gasteiger partial charge in [0.15, 0.2) is 5.89 Å². The molecule has 0 bridgehead atoms. The average molecular weight is 405 g/mol.